The third-order valence-electron chi connectivity index (χ3n) is 5.85. The molecular formula is C26H33N5O4S. The molecule has 0 bridgehead atoms. The monoisotopic (exact) mass is 511 g/mol. The van der Waals surface area contributed by atoms with Gasteiger partial charge in [0.25, 0.3) is 0 Å². The van der Waals surface area contributed by atoms with Gasteiger partial charge in [-0.05, 0) is 52.0 Å². The highest BCUT2D eigenvalue weighted by Crippen LogP contribution is 2.32. The fraction of sp³-hybridized carbons (Fsp3) is 0.385. The Morgan fingerprint density at radius 2 is 1.58 bits per heavy atom. The summed E-state index contributed by atoms with van der Waals surface area (Å²) >= 11 is 0. The predicted molar refractivity (Wildman–Crippen MR) is 141 cm³/mol. The largest absolute Gasteiger partial charge is 0.494 e. The first-order chi connectivity index (χ1) is 17.3. The summed E-state index contributed by atoms with van der Waals surface area (Å²) in [5, 5.41) is 3.33. The van der Waals surface area contributed by atoms with Gasteiger partial charge < -0.3 is 19.7 Å². The number of rotatable bonds is 9. The number of aryl methyl sites for hydroxylation is 2. The smallest absolute Gasteiger partial charge is 0.247 e. The number of nitrogens with zero attached hydrogens (tertiary/aromatic N) is 4. The molecule has 0 aliphatic carbocycles. The molecule has 9 nitrogen and oxygen atoms in total. The molecule has 3 aromatic rings. The summed E-state index contributed by atoms with van der Waals surface area (Å²) in [5.74, 6) is 2.95. The molecule has 1 fully saturated rings. The minimum absolute atomic E-state index is 0.131. The van der Waals surface area contributed by atoms with Crippen LogP contribution in [0.1, 0.15) is 25.2 Å². The van der Waals surface area contributed by atoms with Crippen LogP contribution in [0, 0.1) is 13.8 Å². The van der Waals surface area contributed by atoms with Gasteiger partial charge in [-0.15, -0.1) is 0 Å². The molecule has 2 aromatic carbocycles. The average Bonchev–Trinajstić information content (AvgIpc) is 2.86. The first-order valence-electron chi connectivity index (χ1n) is 12.1. The van der Waals surface area contributed by atoms with Crippen molar-refractivity contribution in [2.45, 2.75) is 32.6 Å². The number of sulfonamides is 1. The van der Waals surface area contributed by atoms with Crippen LogP contribution in [0.4, 0.5) is 17.3 Å². The maximum Gasteiger partial charge on any atom is 0.247 e. The summed E-state index contributed by atoms with van der Waals surface area (Å²) < 4.78 is 39.8. The number of hydrogen-bond donors (Lipinski definition) is 1. The number of anilines is 3. The Hall–Kier alpha value is -3.37. The van der Waals surface area contributed by atoms with Gasteiger partial charge in [-0.2, -0.15) is 4.31 Å². The second kappa shape index (κ2) is 11.1. The van der Waals surface area contributed by atoms with Crippen molar-refractivity contribution in [2.24, 2.45) is 0 Å². The van der Waals surface area contributed by atoms with Crippen molar-refractivity contribution in [3.63, 3.8) is 0 Å². The topological polar surface area (TPSA) is 96.9 Å². The Bertz CT molecular complexity index is 1290. The molecule has 0 radical (unpaired) electrons. The molecular weight excluding hydrogens is 478 g/mol. The predicted octanol–water partition coefficient (Wildman–Crippen LogP) is 4.15. The normalized spacial score (nSPS) is 14.5. The lowest BCUT2D eigenvalue weighted by Crippen LogP contribution is -2.49. The van der Waals surface area contributed by atoms with Crippen molar-refractivity contribution < 1.29 is 17.9 Å². The number of nitrogens with one attached hydrogen (secondary N) is 1. The van der Waals surface area contributed by atoms with Crippen LogP contribution in [0.3, 0.4) is 0 Å². The summed E-state index contributed by atoms with van der Waals surface area (Å²) in [5.41, 5.74) is 2.13. The average molecular weight is 512 g/mol. The minimum Gasteiger partial charge on any atom is -0.494 e. The van der Waals surface area contributed by atoms with Crippen molar-refractivity contribution in [1.29, 1.82) is 0 Å². The highest BCUT2D eigenvalue weighted by atomic mass is 32.2. The molecule has 192 valence electrons. The SMILES string of the molecule is CCOc1ccc(OCC)c(S(=O)(=O)N2CCN(c3cc(Nc4ccc(C)cc4)nc(C)n3)CC2)c1. The van der Waals surface area contributed by atoms with E-state index < -0.39 is 10.0 Å². The third kappa shape index (κ3) is 5.88. The van der Waals surface area contributed by atoms with Gasteiger partial charge in [-0.25, -0.2) is 18.4 Å². The first-order valence-corrected chi connectivity index (χ1v) is 13.6. The van der Waals surface area contributed by atoms with Gasteiger partial charge in [0.2, 0.25) is 10.0 Å². The van der Waals surface area contributed by atoms with E-state index >= 15 is 0 Å². The van der Waals surface area contributed by atoms with E-state index in [4.69, 9.17) is 9.47 Å². The van der Waals surface area contributed by atoms with Gasteiger partial charge in [0, 0.05) is 44.0 Å². The molecule has 0 saturated carbocycles. The summed E-state index contributed by atoms with van der Waals surface area (Å²) in [7, 11) is -3.77. The van der Waals surface area contributed by atoms with Gasteiger partial charge in [-0.3, -0.25) is 0 Å². The molecule has 36 heavy (non-hydrogen) atoms. The Kier molecular flexibility index (Phi) is 7.95. The van der Waals surface area contributed by atoms with Crippen molar-refractivity contribution in [2.75, 3.05) is 49.6 Å². The lowest BCUT2D eigenvalue weighted by atomic mass is 10.2. The number of ether oxygens (including phenoxy) is 2. The summed E-state index contributed by atoms with van der Waals surface area (Å²) in [4.78, 5) is 11.3. The molecule has 1 aliphatic heterocycles. The highest BCUT2D eigenvalue weighted by Gasteiger charge is 2.32. The maximum atomic E-state index is 13.6. The summed E-state index contributed by atoms with van der Waals surface area (Å²) in [6.07, 6.45) is 0. The molecule has 0 atom stereocenters. The maximum absolute atomic E-state index is 13.6. The lowest BCUT2D eigenvalue weighted by Gasteiger charge is -2.35. The molecule has 1 aliphatic rings. The van der Waals surface area contributed by atoms with Gasteiger partial charge in [-0.1, -0.05) is 17.7 Å². The van der Waals surface area contributed by atoms with Gasteiger partial charge in [0.15, 0.2) is 0 Å². The fourth-order valence-corrected chi connectivity index (χ4v) is 5.65. The fourth-order valence-electron chi connectivity index (χ4n) is 4.08. The molecule has 2 heterocycles. The number of aromatic nitrogens is 2. The van der Waals surface area contributed by atoms with Crippen LogP contribution in [0.5, 0.6) is 11.5 Å². The van der Waals surface area contributed by atoms with Crippen LogP contribution in [0.15, 0.2) is 53.4 Å². The van der Waals surface area contributed by atoms with Crippen LogP contribution in [-0.2, 0) is 10.0 Å². The van der Waals surface area contributed by atoms with Gasteiger partial charge in [0.1, 0.15) is 33.9 Å². The van der Waals surface area contributed by atoms with Crippen molar-refractivity contribution in [3.8, 4) is 11.5 Å². The van der Waals surface area contributed by atoms with E-state index in [1.165, 1.54) is 9.87 Å². The summed E-state index contributed by atoms with van der Waals surface area (Å²) in [6, 6.07) is 14.9. The Morgan fingerprint density at radius 3 is 2.25 bits per heavy atom. The zero-order valence-corrected chi connectivity index (χ0v) is 22.0. The van der Waals surface area contributed by atoms with E-state index in [-0.39, 0.29) is 4.90 Å². The van der Waals surface area contributed by atoms with E-state index in [2.05, 4.69) is 20.2 Å². The minimum atomic E-state index is -3.77. The standard InChI is InChI=1S/C26H33N5O4S/c1-5-34-22-11-12-23(35-6-2)24(17-22)36(32,33)31-15-13-30(14-16-31)26-18-25(27-20(4)28-26)29-21-9-7-19(3)8-10-21/h7-12,17-18H,5-6,13-16H2,1-4H3,(H,27,28,29). The number of hydrogen-bond acceptors (Lipinski definition) is 8. The Labute approximate surface area is 213 Å². The van der Waals surface area contributed by atoms with Crippen molar-refractivity contribution in [1.82, 2.24) is 14.3 Å². The molecule has 0 spiro atoms. The molecule has 1 N–H and O–H groups in total. The van der Waals surface area contributed by atoms with Crippen LogP contribution < -0.4 is 19.7 Å². The number of benzene rings is 2. The molecule has 10 heteroatoms. The van der Waals surface area contributed by atoms with Crippen LogP contribution >= 0.6 is 0 Å². The van der Waals surface area contributed by atoms with Crippen LogP contribution in [0.25, 0.3) is 0 Å². The van der Waals surface area contributed by atoms with E-state index in [0.717, 1.165) is 11.5 Å². The zero-order valence-electron chi connectivity index (χ0n) is 21.2. The van der Waals surface area contributed by atoms with Crippen LogP contribution in [0.2, 0.25) is 0 Å². The zero-order chi connectivity index (χ0) is 25.7. The molecule has 4 rings (SSSR count). The summed E-state index contributed by atoms with van der Waals surface area (Å²) in [6.45, 7) is 10.1. The van der Waals surface area contributed by atoms with Crippen molar-refractivity contribution >= 4 is 27.3 Å². The van der Waals surface area contributed by atoms with Crippen molar-refractivity contribution in [3.05, 3.63) is 59.9 Å². The second-order valence-electron chi connectivity index (χ2n) is 8.52. The van der Waals surface area contributed by atoms with E-state index in [0.29, 0.717) is 62.5 Å². The second-order valence-corrected chi connectivity index (χ2v) is 10.4. The van der Waals surface area contributed by atoms with Crippen LogP contribution in [-0.4, -0.2) is 62.1 Å². The molecule has 0 unspecified atom stereocenters. The third-order valence-corrected chi connectivity index (χ3v) is 7.77. The first kappa shape index (κ1) is 25.7. The van der Waals surface area contributed by atoms with Gasteiger partial charge in [0.05, 0.1) is 13.2 Å². The lowest BCUT2D eigenvalue weighted by molar-refractivity contribution is 0.319. The molecule has 0 amide bonds. The Morgan fingerprint density at radius 1 is 0.889 bits per heavy atom. The highest BCUT2D eigenvalue weighted by molar-refractivity contribution is 7.89. The van der Waals surface area contributed by atoms with E-state index in [1.54, 1.807) is 18.2 Å². The quantitative estimate of drug-likeness (QED) is 0.458. The van der Waals surface area contributed by atoms with Gasteiger partial charge >= 0.3 is 0 Å². The van der Waals surface area contributed by atoms with E-state index in [1.807, 2.05) is 58.0 Å². The number of piperazine rings is 1. The Balaban J connectivity index is 1.50. The molecule has 1 aromatic heterocycles. The van der Waals surface area contributed by atoms with E-state index in [9.17, 15) is 8.42 Å². The molecule has 1 saturated heterocycles.